The van der Waals surface area contributed by atoms with E-state index in [0.29, 0.717) is 23.1 Å². The van der Waals surface area contributed by atoms with E-state index in [2.05, 4.69) is 5.32 Å². The van der Waals surface area contributed by atoms with Crippen LogP contribution >= 0.6 is 23.2 Å². The van der Waals surface area contributed by atoms with E-state index in [1.165, 1.54) is 0 Å². The van der Waals surface area contributed by atoms with Crippen LogP contribution in [-0.2, 0) is 16.1 Å². The van der Waals surface area contributed by atoms with Crippen LogP contribution in [0.3, 0.4) is 0 Å². The van der Waals surface area contributed by atoms with Crippen LogP contribution < -0.4 is 10.2 Å². The first kappa shape index (κ1) is 16.8. The lowest BCUT2D eigenvalue weighted by molar-refractivity contribution is -0.126. The normalized spacial score (nSPS) is 17.2. The van der Waals surface area contributed by atoms with E-state index in [9.17, 15) is 9.59 Å². The van der Waals surface area contributed by atoms with Gasteiger partial charge in [0.2, 0.25) is 11.8 Å². The van der Waals surface area contributed by atoms with E-state index in [1.54, 1.807) is 35.2 Å². The van der Waals surface area contributed by atoms with Gasteiger partial charge in [0, 0.05) is 35.2 Å². The molecule has 0 radical (unpaired) electrons. The molecule has 124 valence electrons. The van der Waals surface area contributed by atoms with Crippen LogP contribution in [0, 0.1) is 5.92 Å². The molecule has 2 aromatic carbocycles. The van der Waals surface area contributed by atoms with Crippen molar-refractivity contribution in [2.24, 2.45) is 5.92 Å². The Labute approximate surface area is 150 Å². The number of carbonyl (C=O) groups excluding carboxylic acids is 2. The predicted molar refractivity (Wildman–Crippen MR) is 95.2 cm³/mol. The molecule has 0 saturated carbocycles. The van der Waals surface area contributed by atoms with Crippen molar-refractivity contribution < 1.29 is 9.59 Å². The van der Waals surface area contributed by atoms with Gasteiger partial charge in [-0.2, -0.15) is 0 Å². The number of anilines is 1. The predicted octanol–water partition coefficient (Wildman–Crippen LogP) is 3.66. The van der Waals surface area contributed by atoms with Gasteiger partial charge in [-0.25, -0.2) is 0 Å². The first-order valence-electron chi connectivity index (χ1n) is 7.61. The fourth-order valence-electron chi connectivity index (χ4n) is 2.72. The van der Waals surface area contributed by atoms with Crippen LogP contribution in [0.2, 0.25) is 10.0 Å². The Hall–Kier alpha value is -2.04. The van der Waals surface area contributed by atoms with Crippen molar-refractivity contribution in [3.8, 4) is 0 Å². The number of hydrogen-bond donors (Lipinski definition) is 1. The zero-order valence-electron chi connectivity index (χ0n) is 12.8. The zero-order valence-corrected chi connectivity index (χ0v) is 14.3. The maximum absolute atomic E-state index is 12.4. The van der Waals surface area contributed by atoms with Crippen LogP contribution in [0.25, 0.3) is 0 Å². The maximum Gasteiger partial charge on any atom is 0.227 e. The van der Waals surface area contributed by atoms with Crippen LogP contribution in [0.5, 0.6) is 0 Å². The fraction of sp³-hybridized carbons (Fsp3) is 0.222. The molecule has 1 N–H and O–H groups in total. The summed E-state index contributed by atoms with van der Waals surface area (Å²) in [5, 5.41) is 4.08. The lowest BCUT2D eigenvalue weighted by atomic mass is 10.1. The average molecular weight is 363 g/mol. The standard InChI is InChI=1S/C18H16Cl2N2O2/c19-14-5-7-15(8-6-14)22-11-13(9-17(22)23)18(24)21-10-12-3-1-2-4-16(12)20/h1-8,13H,9-11H2,(H,21,24). The molecule has 1 aliphatic heterocycles. The first-order valence-corrected chi connectivity index (χ1v) is 8.37. The molecule has 0 aromatic heterocycles. The molecule has 1 unspecified atom stereocenters. The summed E-state index contributed by atoms with van der Waals surface area (Å²) in [4.78, 5) is 26.2. The lowest BCUT2D eigenvalue weighted by Crippen LogP contribution is -2.32. The quantitative estimate of drug-likeness (QED) is 0.901. The smallest absolute Gasteiger partial charge is 0.227 e. The number of amides is 2. The molecule has 6 heteroatoms. The van der Waals surface area contributed by atoms with Gasteiger partial charge < -0.3 is 10.2 Å². The number of nitrogens with one attached hydrogen (secondary N) is 1. The van der Waals surface area contributed by atoms with E-state index in [1.807, 2.05) is 18.2 Å². The number of halogens is 2. The van der Waals surface area contributed by atoms with Gasteiger partial charge in [-0.05, 0) is 35.9 Å². The van der Waals surface area contributed by atoms with Crippen molar-refractivity contribution in [2.75, 3.05) is 11.4 Å². The second-order valence-corrected chi connectivity index (χ2v) is 6.53. The molecule has 24 heavy (non-hydrogen) atoms. The number of rotatable bonds is 4. The Balaban J connectivity index is 1.62. The molecule has 1 fully saturated rings. The second-order valence-electron chi connectivity index (χ2n) is 5.69. The van der Waals surface area contributed by atoms with Crippen LogP contribution in [0.4, 0.5) is 5.69 Å². The summed E-state index contributed by atoms with van der Waals surface area (Å²) >= 11 is 11.9. The van der Waals surface area contributed by atoms with Crippen molar-refractivity contribution in [1.82, 2.24) is 5.32 Å². The minimum atomic E-state index is -0.365. The van der Waals surface area contributed by atoms with Crippen LogP contribution in [0.15, 0.2) is 48.5 Å². The Morgan fingerprint density at radius 2 is 1.83 bits per heavy atom. The minimum absolute atomic E-state index is 0.0600. The minimum Gasteiger partial charge on any atom is -0.352 e. The van der Waals surface area contributed by atoms with E-state index >= 15 is 0 Å². The Morgan fingerprint density at radius 1 is 1.12 bits per heavy atom. The van der Waals surface area contributed by atoms with Gasteiger partial charge >= 0.3 is 0 Å². The average Bonchev–Trinajstić information content (AvgIpc) is 2.96. The first-order chi connectivity index (χ1) is 11.5. The maximum atomic E-state index is 12.4. The van der Waals surface area contributed by atoms with Gasteiger partial charge in [0.25, 0.3) is 0 Å². The molecule has 0 spiro atoms. The second kappa shape index (κ2) is 7.24. The molecule has 1 heterocycles. The fourth-order valence-corrected chi connectivity index (χ4v) is 3.05. The summed E-state index contributed by atoms with van der Waals surface area (Å²) in [5.41, 5.74) is 1.61. The van der Waals surface area contributed by atoms with Gasteiger partial charge in [0.1, 0.15) is 0 Å². The third-order valence-electron chi connectivity index (χ3n) is 4.05. The van der Waals surface area contributed by atoms with Gasteiger partial charge in [0.05, 0.1) is 5.92 Å². The number of nitrogens with zero attached hydrogens (tertiary/aromatic N) is 1. The van der Waals surface area contributed by atoms with Gasteiger partial charge in [-0.15, -0.1) is 0 Å². The summed E-state index contributed by atoms with van der Waals surface area (Å²) in [6.07, 6.45) is 0.205. The number of benzene rings is 2. The van der Waals surface area contributed by atoms with E-state index < -0.39 is 0 Å². The third-order valence-corrected chi connectivity index (χ3v) is 4.67. The monoisotopic (exact) mass is 362 g/mol. The molecular weight excluding hydrogens is 347 g/mol. The number of hydrogen-bond acceptors (Lipinski definition) is 2. The van der Waals surface area contributed by atoms with Crippen molar-refractivity contribution >= 4 is 40.7 Å². The van der Waals surface area contributed by atoms with Gasteiger partial charge in [0.15, 0.2) is 0 Å². The molecule has 1 atom stereocenters. The summed E-state index contributed by atoms with van der Waals surface area (Å²) in [5.74, 6) is -0.564. The third kappa shape index (κ3) is 3.71. The van der Waals surface area contributed by atoms with Crippen molar-refractivity contribution in [3.63, 3.8) is 0 Å². The molecule has 4 nitrogen and oxygen atoms in total. The van der Waals surface area contributed by atoms with Crippen molar-refractivity contribution in [3.05, 3.63) is 64.1 Å². The Bertz CT molecular complexity index is 762. The zero-order chi connectivity index (χ0) is 17.1. The molecule has 3 rings (SSSR count). The molecule has 2 amide bonds. The largest absolute Gasteiger partial charge is 0.352 e. The number of carbonyl (C=O) groups is 2. The highest BCUT2D eigenvalue weighted by Crippen LogP contribution is 2.26. The SMILES string of the molecule is O=C(NCc1ccccc1Cl)C1CC(=O)N(c2ccc(Cl)cc2)C1. The molecule has 0 aliphatic carbocycles. The summed E-state index contributed by atoms with van der Waals surface area (Å²) in [7, 11) is 0. The van der Waals surface area contributed by atoms with Gasteiger partial charge in [-0.1, -0.05) is 41.4 Å². The topological polar surface area (TPSA) is 49.4 Å². The van der Waals surface area contributed by atoms with E-state index in [4.69, 9.17) is 23.2 Å². The summed E-state index contributed by atoms with van der Waals surface area (Å²) < 4.78 is 0. The van der Waals surface area contributed by atoms with E-state index in [0.717, 1.165) is 11.3 Å². The van der Waals surface area contributed by atoms with Crippen molar-refractivity contribution in [1.29, 1.82) is 0 Å². The molecule has 1 aliphatic rings. The summed E-state index contributed by atoms with van der Waals surface area (Å²) in [6, 6.07) is 14.4. The molecule has 0 bridgehead atoms. The Morgan fingerprint density at radius 3 is 2.54 bits per heavy atom. The lowest BCUT2D eigenvalue weighted by Gasteiger charge is -2.17. The van der Waals surface area contributed by atoms with Crippen LogP contribution in [-0.4, -0.2) is 18.4 Å². The molecule has 2 aromatic rings. The highest BCUT2D eigenvalue weighted by atomic mass is 35.5. The highest BCUT2D eigenvalue weighted by molar-refractivity contribution is 6.31. The summed E-state index contributed by atoms with van der Waals surface area (Å²) in [6.45, 7) is 0.721. The molecule has 1 saturated heterocycles. The Kier molecular flexibility index (Phi) is 5.07. The van der Waals surface area contributed by atoms with Crippen LogP contribution in [0.1, 0.15) is 12.0 Å². The highest BCUT2D eigenvalue weighted by Gasteiger charge is 2.34. The van der Waals surface area contributed by atoms with E-state index in [-0.39, 0.29) is 24.2 Å². The molecular formula is C18H16Cl2N2O2. The van der Waals surface area contributed by atoms with Crippen molar-refractivity contribution in [2.45, 2.75) is 13.0 Å². The van der Waals surface area contributed by atoms with Gasteiger partial charge in [-0.3, -0.25) is 9.59 Å².